The van der Waals surface area contributed by atoms with E-state index >= 15 is 0 Å². The summed E-state index contributed by atoms with van der Waals surface area (Å²) in [4.78, 5) is 27.2. The molecule has 1 saturated heterocycles. The van der Waals surface area contributed by atoms with E-state index in [1.165, 1.54) is 4.90 Å². The van der Waals surface area contributed by atoms with Crippen molar-refractivity contribution in [1.82, 2.24) is 5.32 Å². The lowest BCUT2D eigenvalue weighted by Gasteiger charge is -2.30. The molecule has 6 nitrogen and oxygen atoms in total. The van der Waals surface area contributed by atoms with Crippen LogP contribution in [0.15, 0.2) is 35.9 Å². The van der Waals surface area contributed by atoms with Gasteiger partial charge in [0.25, 0.3) is 11.8 Å². The molecule has 0 saturated carbocycles. The summed E-state index contributed by atoms with van der Waals surface area (Å²) in [7, 11) is 1.57. The van der Waals surface area contributed by atoms with Crippen molar-refractivity contribution < 1.29 is 19.1 Å². The van der Waals surface area contributed by atoms with Gasteiger partial charge < -0.3 is 9.47 Å². The minimum absolute atomic E-state index is 0.00742. The highest BCUT2D eigenvalue weighted by Crippen LogP contribution is 2.35. The molecule has 0 spiro atoms. The summed E-state index contributed by atoms with van der Waals surface area (Å²) in [5.74, 6) is 0.149. The van der Waals surface area contributed by atoms with Gasteiger partial charge in [0.2, 0.25) is 0 Å². The highest BCUT2D eigenvalue weighted by atomic mass is 127. The molecule has 0 bridgehead atoms. The Morgan fingerprint density at radius 3 is 2.57 bits per heavy atom. The molecule has 0 aromatic heterocycles. The highest BCUT2D eigenvalue weighted by molar-refractivity contribution is 14.1. The molecule has 1 heterocycles. The Bertz CT molecular complexity index is 1080. The number of methoxy groups -OCH3 is 1. The van der Waals surface area contributed by atoms with E-state index in [1.807, 2.05) is 45.0 Å². The number of anilines is 1. The van der Waals surface area contributed by atoms with Crippen LogP contribution in [0.5, 0.6) is 11.5 Å². The Labute approximate surface area is 194 Å². The molecule has 0 atom stereocenters. The number of thiocarbonyl (C=S) groups is 1. The van der Waals surface area contributed by atoms with E-state index < -0.39 is 11.8 Å². The number of carbonyl (C=O) groups excluding carboxylic acids is 2. The Morgan fingerprint density at radius 2 is 1.93 bits per heavy atom. The maximum atomic E-state index is 13.3. The van der Waals surface area contributed by atoms with Gasteiger partial charge in [0.05, 0.1) is 23.0 Å². The van der Waals surface area contributed by atoms with Crippen LogP contribution in [-0.4, -0.2) is 30.6 Å². The molecule has 1 aliphatic heterocycles. The first kappa shape index (κ1) is 22.2. The molecule has 0 aliphatic carbocycles. The van der Waals surface area contributed by atoms with Gasteiger partial charge in [-0.05, 0) is 91.0 Å². The Kier molecular flexibility index (Phi) is 6.77. The number of nitrogens with zero attached hydrogens (tertiary/aromatic N) is 1. The zero-order valence-electron chi connectivity index (χ0n) is 17.0. The van der Waals surface area contributed by atoms with E-state index in [0.29, 0.717) is 29.4 Å². The van der Waals surface area contributed by atoms with E-state index in [9.17, 15) is 9.59 Å². The number of carbonyl (C=O) groups is 2. The molecule has 1 N–H and O–H groups in total. The smallest absolute Gasteiger partial charge is 0.270 e. The maximum Gasteiger partial charge on any atom is 0.270 e. The van der Waals surface area contributed by atoms with E-state index in [4.69, 9.17) is 21.7 Å². The van der Waals surface area contributed by atoms with Crippen LogP contribution in [0.4, 0.5) is 5.69 Å². The summed E-state index contributed by atoms with van der Waals surface area (Å²) >= 11 is 7.42. The van der Waals surface area contributed by atoms with Crippen LogP contribution in [0.2, 0.25) is 0 Å². The fraction of sp³-hybridized carbons (Fsp3) is 0.227. The van der Waals surface area contributed by atoms with Crippen molar-refractivity contribution in [3.05, 3.63) is 56.2 Å². The number of halogens is 1. The van der Waals surface area contributed by atoms with Crippen LogP contribution in [-0.2, 0) is 9.59 Å². The molecule has 0 radical (unpaired) electrons. The molecule has 3 rings (SSSR count). The predicted molar refractivity (Wildman–Crippen MR) is 129 cm³/mol. The topological polar surface area (TPSA) is 67.9 Å². The van der Waals surface area contributed by atoms with Crippen molar-refractivity contribution >= 4 is 63.5 Å². The summed E-state index contributed by atoms with van der Waals surface area (Å²) in [6.45, 7) is 6.21. The predicted octanol–water partition coefficient (Wildman–Crippen LogP) is 4.15. The second kappa shape index (κ2) is 9.13. The van der Waals surface area contributed by atoms with Gasteiger partial charge in [0.1, 0.15) is 5.57 Å². The Balaban J connectivity index is 2.07. The number of amides is 2. The maximum absolute atomic E-state index is 13.3. The fourth-order valence-corrected chi connectivity index (χ4v) is 4.35. The molecule has 1 aliphatic rings. The van der Waals surface area contributed by atoms with Gasteiger partial charge in [-0.25, -0.2) is 0 Å². The summed E-state index contributed by atoms with van der Waals surface area (Å²) < 4.78 is 11.9. The largest absolute Gasteiger partial charge is 0.492 e. The van der Waals surface area contributed by atoms with Crippen LogP contribution in [0.3, 0.4) is 0 Å². The molecular weight excluding hydrogens is 515 g/mol. The summed E-state index contributed by atoms with van der Waals surface area (Å²) in [6, 6.07) is 9.26. The molecule has 2 aromatic rings. The van der Waals surface area contributed by atoms with Crippen molar-refractivity contribution in [3.63, 3.8) is 0 Å². The van der Waals surface area contributed by atoms with Crippen LogP contribution >= 0.6 is 34.8 Å². The summed E-state index contributed by atoms with van der Waals surface area (Å²) in [5.41, 5.74) is 3.24. The Hall–Kier alpha value is -2.46. The first-order valence-electron chi connectivity index (χ1n) is 9.25. The Morgan fingerprint density at radius 1 is 1.20 bits per heavy atom. The SMILES string of the molecule is CCOc1cc(/C=C2\C(=O)NC(=S)N(c3ccc(C)cc3C)C2=O)cc(I)c1OC. The van der Waals surface area contributed by atoms with Gasteiger partial charge in [-0.15, -0.1) is 0 Å². The number of ether oxygens (including phenoxy) is 2. The van der Waals surface area contributed by atoms with E-state index in [1.54, 1.807) is 19.3 Å². The summed E-state index contributed by atoms with van der Waals surface area (Å²) in [5, 5.41) is 2.68. The number of benzene rings is 2. The first-order valence-corrected chi connectivity index (χ1v) is 10.7. The van der Waals surface area contributed by atoms with Crippen LogP contribution in [0.1, 0.15) is 23.6 Å². The third-order valence-electron chi connectivity index (χ3n) is 4.54. The number of aryl methyl sites for hydroxylation is 2. The number of nitrogens with one attached hydrogen (secondary N) is 1. The van der Waals surface area contributed by atoms with E-state index in [2.05, 4.69) is 27.9 Å². The van der Waals surface area contributed by atoms with Gasteiger partial charge in [-0.2, -0.15) is 0 Å². The van der Waals surface area contributed by atoms with Gasteiger partial charge >= 0.3 is 0 Å². The quantitative estimate of drug-likeness (QED) is 0.269. The standard InChI is InChI=1S/C22H21IN2O4S/c1-5-29-18-11-14(10-16(23)19(18)28-4)9-15-20(26)24-22(30)25(21(15)27)17-7-6-12(2)8-13(17)3/h6-11H,5H2,1-4H3,(H,24,26,30)/b15-9+. The zero-order valence-corrected chi connectivity index (χ0v) is 20.0. The van der Waals surface area contributed by atoms with Gasteiger partial charge in [0, 0.05) is 0 Å². The average molecular weight is 536 g/mol. The lowest BCUT2D eigenvalue weighted by molar-refractivity contribution is -0.122. The normalized spacial score (nSPS) is 15.4. The molecule has 30 heavy (non-hydrogen) atoms. The van der Waals surface area contributed by atoms with Gasteiger partial charge in [-0.3, -0.25) is 19.8 Å². The van der Waals surface area contributed by atoms with Crippen molar-refractivity contribution in [2.75, 3.05) is 18.6 Å². The van der Waals surface area contributed by atoms with Crippen molar-refractivity contribution in [1.29, 1.82) is 0 Å². The van der Waals surface area contributed by atoms with Gasteiger partial charge in [-0.1, -0.05) is 17.7 Å². The van der Waals surface area contributed by atoms with Crippen molar-refractivity contribution in [2.24, 2.45) is 0 Å². The fourth-order valence-electron chi connectivity index (χ4n) is 3.23. The molecule has 2 amide bonds. The zero-order chi connectivity index (χ0) is 22.0. The average Bonchev–Trinajstić information content (AvgIpc) is 2.67. The molecular formula is C22H21IN2O4S. The van der Waals surface area contributed by atoms with Crippen LogP contribution < -0.4 is 19.7 Å². The first-order chi connectivity index (χ1) is 14.3. The molecule has 8 heteroatoms. The van der Waals surface area contributed by atoms with Gasteiger partial charge in [0.15, 0.2) is 16.6 Å². The van der Waals surface area contributed by atoms with E-state index in [0.717, 1.165) is 14.7 Å². The lowest BCUT2D eigenvalue weighted by Crippen LogP contribution is -2.54. The molecule has 1 fully saturated rings. The molecule has 156 valence electrons. The van der Waals surface area contributed by atoms with Crippen molar-refractivity contribution in [3.8, 4) is 11.5 Å². The molecule has 2 aromatic carbocycles. The second-order valence-electron chi connectivity index (χ2n) is 6.71. The van der Waals surface area contributed by atoms with Crippen LogP contribution in [0, 0.1) is 17.4 Å². The van der Waals surface area contributed by atoms with Crippen LogP contribution in [0.25, 0.3) is 6.08 Å². The third-order valence-corrected chi connectivity index (χ3v) is 5.63. The number of hydrogen-bond acceptors (Lipinski definition) is 5. The van der Waals surface area contributed by atoms with E-state index in [-0.39, 0.29) is 10.7 Å². The minimum Gasteiger partial charge on any atom is -0.492 e. The second-order valence-corrected chi connectivity index (χ2v) is 8.26. The summed E-state index contributed by atoms with van der Waals surface area (Å²) in [6.07, 6.45) is 1.54. The minimum atomic E-state index is -0.533. The highest BCUT2D eigenvalue weighted by Gasteiger charge is 2.35. The monoisotopic (exact) mass is 536 g/mol. The lowest BCUT2D eigenvalue weighted by atomic mass is 10.0. The third kappa shape index (κ3) is 4.34. The number of rotatable bonds is 5. The van der Waals surface area contributed by atoms with Crippen molar-refractivity contribution in [2.45, 2.75) is 20.8 Å². The molecule has 0 unspecified atom stereocenters. The number of hydrogen-bond donors (Lipinski definition) is 1.